The Hall–Kier alpha value is -2.37. The number of nitrogens with zero attached hydrogens (tertiary/aromatic N) is 3. The van der Waals surface area contributed by atoms with E-state index in [1.54, 1.807) is 18.3 Å². The SMILES string of the molecule is O=[N+]([O-])c1cc(-c2ccn[nH]2)ccc1N1CCCC1. The summed E-state index contributed by atoms with van der Waals surface area (Å²) < 4.78 is 0. The van der Waals surface area contributed by atoms with Gasteiger partial charge in [0, 0.05) is 30.9 Å². The summed E-state index contributed by atoms with van der Waals surface area (Å²) in [5, 5.41) is 17.9. The lowest BCUT2D eigenvalue weighted by molar-refractivity contribution is -0.384. The molecule has 0 aliphatic carbocycles. The summed E-state index contributed by atoms with van der Waals surface area (Å²) in [6, 6.07) is 7.14. The molecular formula is C13H14N4O2. The minimum Gasteiger partial charge on any atom is -0.366 e. The maximum absolute atomic E-state index is 11.3. The van der Waals surface area contributed by atoms with Crippen LogP contribution < -0.4 is 4.90 Å². The number of anilines is 1. The predicted octanol–water partition coefficient (Wildman–Crippen LogP) is 2.59. The fourth-order valence-corrected chi connectivity index (χ4v) is 2.48. The summed E-state index contributed by atoms with van der Waals surface area (Å²) in [6.07, 6.45) is 3.83. The van der Waals surface area contributed by atoms with Crippen LogP contribution in [0.5, 0.6) is 0 Å². The van der Waals surface area contributed by atoms with Crippen molar-refractivity contribution >= 4 is 11.4 Å². The van der Waals surface area contributed by atoms with E-state index in [-0.39, 0.29) is 10.6 Å². The Morgan fingerprint density at radius 2 is 2.05 bits per heavy atom. The Bertz CT molecular complexity index is 589. The number of hydrogen-bond acceptors (Lipinski definition) is 4. The number of aromatic amines is 1. The maximum Gasteiger partial charge on any atom is 0.293 e. The van der Waals surface area contributed by atoms with Crippen LogP contribution in [0.4, 0.5) is 11.4 Å². The molecule has 19 heavy (non-hydrogen) atoms. The van der Waals surface area contributed by atoms with Crippen LogP contribution in [-0.2, 0) is 0 Å². The number of aromatic nitrogens is 2. The lowest BCUT2D eigenvalue weighted by Crippen LogP contribution is -2.18. The van der Waals surface area contributed by atoms with Gasteiger partial charge in [-0.2, -0.15) is 5.10 Å². The number of hydrogen-bond donors (Lipinski definition) is 1. The molecule has 2 heterocycles. The lowest BCUT2D eigenvalue weighted by atomic mass is 10.1. The van der Waals surface area contributed by atoms with Crippen molar-refractivity contribution < 1.29 is 4.92 Å². The van der Waals surface area contributed by atoms with Crippen molar-refractivity contribution in [1.82, 2.24) is 10.2 Å². The molecule has 1 aliphatic heterocycles. The molecule has 1 aliphatic rings. The number of benzene rings is 1. The number of nitro groups is 1. The van der Waals surface area contributed by atoms with Gasteiger partial charge in [0.25, 0.3) is 5.69 Å². The second kappa shape index (κ2) is 4.72. The van der Waals surface area contributed by atoms with Gasteiger partial charge in [-0.25, -0.2) is 0 Å². The summed E-state index contributed by atoms with van der Waals surface area (Å²) in [5.74, 6) is 0. The minimum atomic E-state index is -0.312. The number of rotatable bonds is 3. The summed E-state index contributed by atoms with van der Waals surface area (Å²) in [7, 11) is 0. The third-order valence-corrected chi connectivity index (χ3v) is 3.43. The Labute approximate surface area is 110 Å². The first-order chi connectivity index (χ1) is 9.25. The standard InChI is InChI=1S/C13H14N4O2/c18-17(19)13-9-10(11-5-6-14-15-11)3-4-12(13)16-7-1-2-8-16/h3-6,9H,1-2,7-8H2,(H,14,15). The van der Waals surface area contributed by atoms with Crippen molar-refractivity contribution in [3.05, 3.63) is 40.6 Å². The topological polar surface area (TPSA) is 75.1 Å². The van der Waals surface area contributed by atoms with E-state index in [1.165, 1.54) is 0 Å². The number of nitrogens with one attached hydrogen (secondary N) is 1. The quantitative estimate of drug-likeness (QED) is 0.678. The molecular weight excluding hydrogens is 244 g/mol. The molecule has 0 saturated carbocycles. The van der Waals surface area contributed by atoms with Gasteiger partial charge >= 0.3 is 0 Å². The molecule has 1 N–H and O–H groups in total. The largest absolute Gasteiger partial charge is 0.366 e. The van der Waals surface area contributed by atoms with E-state index in [9.17, 15) is 10.1 Å². The van der Waals surface area contributed by atoms with E-state index in [2.05, 4.69) is 15.1 Å². The molecule has 1 aromatic carbocycles. The average molecular weight is 258 g/mol. The molecule has 0 bridgehead atoms. The summed E-state index contributed by atoms with van der Waals surface area (Å²) in [5.41, 5.74) is 2.45. The molecule has 3 rings (SSSR count). The second-order valence-electron chi connectivity index (χ2n) is 4.63. The van der Waals surface area contributed by atoms with Gasteiger partial charge in [-0.3, -0.25) is 15.2 Å². The monoisotopic (exact) mass is 258 g/mol. The zero-order valence-electron chi connectivity index (χ0n) is 10.4. The first kappa shape index (κ1) is 11.7. The Morgan fingerprint density at radius 3 is 2.68 bits per heavy atom. The molecule has 0 unspecified atom stereocenters. The third-order valence-electron chi connectivity index (χ3n) is 3.43. The van der Waals surface area contributed by atoms with E-state index >= 15 is 0 Å². The van der Waals surface area contributed by atoms with Gasteiger partial charge in [0.05, 0.1) is 10.6 Å². The molecule has 0 radical (unpaired) electrons. The van der Waals surface area contributed by atoms with Gasteiger partial charge in [0.1, 0.15) is 5.69 Å². The zero-order chi connectivity index (χ0) is 13.2. The Kier molecular flexibility index (Phi) is 2.91. The fraction of sp³-hybridized carbons (Fsp3) is 0.308. The molecule has 6 nitrogen and oxygen atoms in total. The molecule has 1 saturated heterocycles. The first-order valence-corrected chi connectivity index (χ1v) is 6.29. The van der Waals surface area contributed by atoms with Crippen LogP contribution in [0.2, 0.25) is 0 Å². The molecule has 1 aromatic heterocycles. The van der Waals surface area contributed by atoms with E-state index in [4.69, 9.17) is 0 Å². The van der Waals surface area contributed by atoms with Crippen molar-refractivity contribution in [1.29, 1.82) is 0 Å². The van der Waals surface area contributed by atoms with Crippen molar-refractivity contribution in [3.8, 4) is 11.3 Å². The molecule has 1 fully saturated rings. The summed E-state index contributed by atoms with van der Waals surface area (Å²) in [6.45, 7) is 1.79. The van der Waals surface area contributed by atoms with Crippen LogP contribution >= 0.6 is 0 Å². The summed E-state index contributed by atoms with van der Waals surface area (Å²) >= 11 is 0. The van der Waals surface area contributed by atoms with Crippen molar-refractivity contribution in [2.24, 2.45) is 0 Å². The van der Waals surface area contributed by atoms with Crippen LogP contribution in [0.15, 0.2) is 30.5 Å². The molecule has 2 aromatic rings. The predicted molar refractivity (Wildman–Crippen MR) is 72.1 cm³/mol. The van der Waals surface area contributed by atoms with Gasteiger partial charge in [-0.05, 0) is 25.0 Å². The zero-order valence-corrected chi connectivity index (χ0v) is 10.4. The van der Waals surface area contributed by atoms with Gasteiger partial charge < -0.3 is 4.90 Å². The van der Waals surface area contributed by atoms with Crippen molar-refractivity contribution in [2.45, 2.75) is 12.8 Å². The highest BCUT2D eigenvalue weighted by Gasteiger charge is 2.22. The molecule has 0 atom stereocenters. The average Bonchev–Trinajstić information content (AvgIpc) is 3.11. The highest BCUT2D eigenvalue weighted by atomic mass is 16.6. The molecule has 0 spiro atoms. The van der Waals surface area contributed by atoms with E-state index < -0.39 is 0 Å². The van der Waals surface area contributed by atoms with Gasteiger partial charge in [-0.15, -0.1) is 0 Å². The smallest absolute Gasteiger partial charge is 0.293 e. The van der Waals surface area contributed by atoms with Gasteiger partial charge in [-0.1, -0.05) is 6.07 Å². The number of H-pyrrole nitrogens is 1. The Morgan fingerprint density at radius 1 is 1.26 bits per heavy atom. The maximum atomic E-state index is 11.3. The van der Waals surface area contributed by atoms with Gasteiger partial charge in [0.15, 0.2) is 0 Å². The second-order valence-corrected chi connectivity index (χ2v) is 4.63. The van der Waals surface area contributed by atoms with Crippen molar-refractivity contribution in [3.63, 3.8) is 0 Å². The first-order valence-electron chi connectivity index (χ1n) is 6.29. The summed E-state index contributed by atoms with van der Waals surface area (Å²) in [4.78, 5) is 13.0. The normalized spacial score (nSPS) is 14.8. The molecule has 6 heteroatoms. The van der Waals surface area contributed by atoms with Crippen LogP contribution in [0, 0.1) is 10.1 Å². The van der Waals surface area contributed by atoms with Crippen LogP contribution in [0.25, 0.3) is 11.3 Å². The van der Waals surface area contributed by atoms with E-state index in [1.807, 2.05) is 12.1 Å². The van der Waals surface area contributed by atoms with E-state index in [0.717, 1.165) is 37.2 Å². The van der Waals surface area contributed by atoms with Crippen LogP contribution in [0.1, 0.15) is 12.8 Å². The molecule has 98 valence electrons. The lowest BCUT2D eigenvalue weighted by Gasteiger charge is -2.17. The molecule has 0 amide bonds. The number of nitro benzene ring substituents is 1. The highest BCUT2D eigenvalue weighted by molar-refractivity contribution is 5.72. The van der Waals surface area contributed by atoms with Gasteiger partial charge in [0.2, 0.25) is 0 Å². The van der Waals surface area contributed by atoms with E-state index in [0.29, 0.717) is 5.69 Å². The van der Waals surface area contributed by atoms with Crippen molar-refractivity contribution in [2.75, 3.05) is 18.0 Å². The third kappa shape index (κ3) is 2.16. The Balaban J connectivity index is 2.04. The van der Waals surface area contributed by atoms with Crippen LogP contribution in [-0.4, -0.2) is 28.2 Å². The minimum absolute atomic E-state index is 0.161. The highest BCUT2D eigenvalue weighted by Crippen LogP contribution is 2.34. The van der Waals surface area contributed by atoms with Crippen LogP contribution in [0.3, 0.4) is 0 Å². The fourth-order valence-electron chi connectivity index (χ4n) is 2.48.